The zero-order valence-electron chi connectivity index (χ0n) is 16.8. The molecular weight excluding hydrogens is 446 g/mol. The summed E-state index contributed by atoms with van der Waals surface area (Å²) in [5.74, 6) is 1.10. The van der Waals surface area contributed by atoms with Crippen molar-refractivity contribution < 1.29 is 19.0 Å². The van der Waals surface area contributed by atoms with Crippen molar-refractivity contribution in [3.63, 3.8) is 0 Å². The van der Waals surface area contributed by atoms with Crippen molar-refractivity contribution in [2.75, 3.05) is 31.7 Å². The SMILES string of the molecule is CCOCCOc1ccc(NC(=O)COc2ccc(-c3ccccc3)cc2Br)cc1. The first-order valence-electron chi connectivity index (χ1n) is 9.74. The lowest BCUT2D eigenvalue weighted by molar-refractivity contribution is -0.118. The zero-order chi connectivity index (χ0) is 21.2. The lowest BCUT2D eigenvalue weighted by Gasteiger charge is -2.11. The number of halogens is 1. The fourth-order valence-corrected chi connectivity index (χ4v) is 3.26. The Bertz CT molecular complexity index is 945. The molecule has 0 saturated heterocycles. The second-order valence-corrected chi connectivity index (χ2v) is 7.27. The average molecular weight is 470 g/mol. The molecule has 0 saturated carbocycles. The van der Waals surface area contributed by atoms with Crippen LogP contribution in [0.15, 0.2) is 77.3 Å². The first-order valence-corrected chi connectivity index (χ1v) is 10.5. The van der Waals surface area contributed by atoms with E-state index in [-0.39, 0.29) is 12.5 Å². The average Bonchev–Trinajstić information content (AvgIpc) is 2.77. The van der Waals surface area contributed by atoms with Gasteiger partial charge in [-0.2, -0.15) is 0 Å². The summed E-state index contributed by atoms with van der Waals surface area (Å²) >= 11 is 3.52. The van der Waals surface area contributed by atoms with E-state index >= 15 is 0 Å². The van der Waals surface area contributed by atoms with E-state index in [9.17, 15) is 4.79 Å². The van der Waals surface area contributed by atoms with Crippen LogP contribution in [0.2, 0.25) is 0 Å². The summed E-state index contributed by atoms with van der Waals surface area (Å²) in [5.41, 5.74) is 2.87. The summed E-state index contributed by atoms with van der Waals surface area (Å²) < 4.78 is 17.3. The summed E-state index contributed by atoms with van der Waals surface area (Å²) in [6, 6.07) is 23.1. The van der Waals surface area contributed by atoms with Crippen molar-refractivity contribution in [2.45, 2.75) is 6.92 Å². The number of amides is 1. The summed E-state index contributed by atoms with van der Waals surface area (Å²) in [4.78, 5) is 12.2. The van der Waals surface area contributed by atoms with Crippen LogP contribution >= 0.6 is 15.9 Å². The van der Waals surface area contributed by atoms with Gasteiger partial charge in [-0.25, -0.2) is 0 Å². The molecule has 0 bridgehead atoms. The highest BCUT2D eigenvalue weighted by Crippen LogP contribution is 2.30. The van der Waals surface area contributed by atoms with Crippen molar-refractivity contribution in [3.05, 3.63) is 77.3 Å². The van der Waals surface area contributed by atoms with E-state index in [2.05, 4.69) is 21.2 Å². The van der Waals surface area contributed by atoms with Crippen LogP contribution in [0.3, 0.4) is 0 Å². The number of nitrogens with one attached hydrogen (secondary N) is 1. The summed E-state index contributed by atoms with van der Waals surface area (Å²) in [6.45, 7) is 3.57. The molecule has 0 heterocycles. The topological polar surface area (TPSA) is 56.8 Å². The maximum Gasteiger partial charge on any atom is 0.262 e. The van der Waals surface area contributed by atoms with Crippen molar-refractivity contribution in [1.29, 1.82) is 0 Å². The van der Waals surface area contributed by atoms with Gasteiger partial charge in [0.1, 0.15) is 18.1 Å². The van der Waals surface area contributed by atoms with Gasteiger partial charge in [-0.1, -0.05) is 36.4 Å². The standard InChI is InChI=1S/C24H24BrNO4/c1-2-28-14-15-29-21-11-9-20(10-12-21)26-24(27)17-30-23-13-8-19(16-22(23)25)18-6-4-3-5-7-18/h3-13,16H,2,14-15,17H2,1H3,(H,26,27). The van der Waals surface area contributed by atoms with Gasteiger partial charge in [0.25, 0.3) is 5.91 Å². The minimum atomic E-state index is -0.237. The molecule has 0 radical (unpaired) electrons. The first kappa shape index (κ1) is 21.9. The molecule has 30 heavy (non-hydrogen) atoms. The van der Waals surface area contributed by atoms with Gasteiger partial charge < -0.3 is 19.5 Å². The molecule has 0 spiro atoms. The van der Waals surface area contributed by atoms with Crippen molar-refractivity contribution in [1.82, 2.24) is 0 Å². The molecule has 5 nitrogen and oxygen atoms in total. The Morgan fingerprint density at radius 1 is 0.900 bits per heavy atom. The lowest BCUT2D eigenvalue weighted by Crippen LogP contribution is -2.20. The highest BCUT2D eigenvalue weighted by molar-refractivity contribution is 9.10. The van der Waals surface area contributed by atoms with Crippen LogP contribution in [-0.4, -0.2) is 32.3 Å². The number of carbonyl (C=O) groups is 1. The molecule has 156 valence electrons. The van der Waals surface area contributed by atoms with E-state index in [1.54, 1.807) is 24.3 Å². The van der Waals surface area contributed by atoms with E-state index in [0.29, 0.717) is 31.3 Å². The Hall–Kier alpha value is -2.83. The third-order valence-electron chi connectivity index (χ3n) is 4.24. The Kier molecular flexibility index (Phi) is 8.30. The zero-order valence-corrected chi connectivity index (χ0v) is 18.4. The van der Waals surface area contributed by atoms with E-state index < -0.39 is 0 Å². The normalized spacial score (nSPS) is 10.5. The van der Waals surface area contributed by atoms with Gasteiger partial charge in [0.2, 0.25) is 0 Å². The quantitative estimate of drug-likeness (QED) is 0.395. The fraction of sp³-hybridized carbons (Fsp3) is 0.208. The van der Waals surface area contributed by atoms with Crippen LogP contribution in [0.4, 0.5) is 5.69 Å². The van der Waals surface area contributed by atoms with Crippen molar-refractivity contribution in [3.8, 4) is 22.6 Å². The Morgan fingerprint density at radius 2 is 1.67 bits per heavy atom. The predicted molar refractivity (Wildman–Crippen MR) is 122 cm³/mol. The fourth-order valence-electron chi connectivity index (χ4n) is 2.77. The Balaban J connectivity index is 1.48. The molecule has 0 aliphatic rings. The lowest BCUT2D eigenvalue weighted by atomic mass is 10.1. The second kappa shape index (κ2) is 11.4. The summed E-state index contributed by atoms with van der Waals surface area (Å²) in [6.07, 6.45) is 0. The molecule has 0 unspecified atom stereocenters. The highest BCUT2D eigenvalue weighted by Gasteiger charge is 2.08. The number of benzene rings is 3. The third kappa shape index (κ3) is 6.61. The summed E-state index contributed by atoms with van der Waals surface area (Å²) in [7, 11) is 0. The van der Waals surface area contributed by atoms with Crippen LogP contribution in [-0.2, 0) is 9.53 Å². The maximum absolute atomic E-state index is 12.2. The smallest absolute Gasteiger partial charge is 0.262 e. The molecule has 3 rings (SSSR count). The second-order valence-electron chi connectivity index (χ2n) is 6.42. The van der Waals surface area contributed by atoms with Gasteiger partial charge >= 0.3 is 0 Å². The minimum absolute atomic E-state index is 0.0874. The van der Waals surface area contributed by atoms with Gasteiger partial charge in [0, 0.05) is 12.3 Å². The monoisotopic (exact) mass is 469 g/mol. The third-order valence-corrected chi connectivity index (χ3v) is 4.86. The summed E-state index contributed by atoms with van der Waals surface area (Å²) in [5, 5.41) is 2.81. The van der Waals surface area contributed by atoms with Gasteiger partial charge in [-0.15, -0.1) is 0 Å². The molecule has 3 aromatic carbocycles. The highest BCUT2D eigenvalue weighted by atomic mass is 79.9. The largest absolute Gasteiger partial charge is 0.491 e. The molecule has 0 aliphatic heterocycles. The van der Waals surface area contributed by atoms with E-state index in [0.717, 1.165) is 21.3 Å². The van der Waals surface area contributed by atoms with E-state index in [1.807, 2.05) is 55.5 Å². The molecule has 6 heteroatoms. The number of ether oxygens (including phenoxy) is 3. The molecule has 1 N–H and O–H groups in total. The minimum Gasteiger partial charge on any atom is -0.491 e. The van der Waals surface area contributed by atoms with Gasteiger partial charge in [-0.3, -0.25) is 4.79 Å². The van der Waals surface area contributed by atoms with Crippen molar-refractivity contribution in [2.24, 2.45) is 0 Å². The Labute approximate surface area is 185 Å². The molecule has 1 amide bonds. The number of anilines is 1. The number of rotatable bonds is 10. The molecular formula is C24H24BrNO4. The number of carbonyl (C=O) groups excluding carboxylic acids is 1. The van der Waals surface area contributed by atoms with Crippen molar-refractivity contribution >= 4 is 27.5 Å². The van der Waals surface area contributed by atoms with Crippen LogP contribution in [0.5, 0.6) is 11.5 Å². The number of hydrogen-bond donors (Lipinski definition) is 1. The molecule has 0 aliphatic carbocycles. The Morgan fingerprint density at radius 3 is 2.37 bits per heavy atom. The number of hydrogen-bond acceptors (Lipinski definition) is 4. The van der Waals surface area contributed by atoms with E-state index in [4.69, 9.17) is 14.2 Å². The van der Waals surface area contributed by atoms with Crippen LogP contribution in [0.1, 0.15) is 6.92 Å². The molecule has 3 aromatic rings. The molecule has 0 aromatic heterocycles. The van der Waals surface area contributed by atoms with Crippen LogP contribution in [0.25, 0.3) is 11.1 Å². The maximum atomic E-state index is 12.2. The molecule has 0 atom stereocenters. The van der Waals surface area contributed by atoms with Gasteiger partial charge in [0.05, 0.1) is 11.1 Å². The first-order chi connectivity index (χ1) is 14.7. The van der Waals surface area contributed by atoms with Gasteiger partial charge in [0.15, 0.2) is 6.61 Å². The van der Waals surface area contributed by atoms with E-state index in [1.165, 1.54) is 0 Å². The van der Waals surface area contributed by atoms with Gasteiger partial charge in [-0.05, 0) is 70.4 Å². The molecule has 0 fully saturated rings. The van der Waals surface area contributed by atoms with Crippen LogP contribution < -0.4 is 14.8 Å². The van der Waals surface area contributed by atoms with Crippen LogP contribution in [0, 0.1) is 0 Å². The predicted octanol–water partition coefficient (Wildman–Crippen LogP) is 5.55.